The molecule has 0 saturated heterocycles. The topological polar surface area (TPSA) is 84.9 Å². The summed E-state index contributed by atoms with van der Waals surface area (Å²) in [6.07, 6.45) is 0. The van der Waals surface area contributed by atoms with E-state index in [-0.39, 0.29) is 18.0 Å². The number of ether oxygens (including phenoxy) is 2. The van der Waals surface area contributed by atoms with Gasteiger partial charge in [-0.15, -0.1) is 0 Å². The zero-order chi connectivity index (χ0) is 19.8. The number of rotatable bonds is 7. The van der Waals surface area contributed by atoms with Crippen LogP contribution in [0.1, 0.15) is 10.4 Å². The number of nitrogens with one attached hydrogen (secondary N) is 1. The van der Waals surface area contributed by atoms with Crippen LogP contribution in [0.5, 0.6) is 5.75 Å². The Morgan fingerprint density at radius 1 is 1.11 bits per heavy atom. The van der Waals surface area contributed by atoms with Crippen LogP contribution in [0.4, 0.5) is 5.69 Å². The molecule has 27 heavy (non-hydrogen) atoms. The van der Waals surface area contributed by atoms with E-state index in [0.29, 0.717) is 16.5 Å². The van der Waals surface area contributed by atoms with Gasteiger partial charge in [0.2, 0.25) is 5.91 Å². The molecule has 0 bridgehead atoms. The second-order valence-corrected chi connectivity index (χ2v) is 6.05. The minimum absolute atomic E-state index is 0.190. The van der Waals surface area contributed by atoms with Crippen molar-refractivity contribution in [2.45, 2.75) is 0 Å². The molecule has 8 heteroatoms. The van der Waals surface area contributed by atoms with E-state index >= 15 is 0 Å². The lowest BCUT2D eigenvalue weighted by atomic mass is 10.2. The third kappa shape index (κ3) is 6.31. The van der Waals surface area contributed by atoms with E-state index in [1.54, 1.807) is 36.4 Å². The van der Waals surface area contributed by atoms with Crippen LogP contribution in [0, 0.1) is 0 Å². The molecule has 0 atom stereocenters. The standard InChI is InChI=1S/C19H19ClN2O5/c1-22(11-17(23)21-15-7-4-8-16(10-15)26-2)18(24)12-27-19(25)13-5-3-6-14(20)9-13/h3-10H,11-12H2,1-2H3,(H,21,23). The molecule has 142 valence electrons. The van der Waals surface area contributed by atoms with Gasteiger partial charge in [0.05, 0.1) is 19.2 Å². The summed E-state index contributed by atoms with van der Waals surface area (Å²) in [7, 11) is 2.97. The van der Waals surface area contributed by atoms with Gasteiger partial charge in [-0.1, -0.05) is 23.7 Å². The molecule has 2 aromatic carbocycles. The minimum atomic E-state index is -0.667. The molecule has 0 unspecified atom stereocenters. The number of halogens is 1. The summed E-state index contributed by atoms with van der Waals surface area (Å²) in [4.78, 5) is 37.2. The highest BCUT2D eigenvalue weighted by Crippen LogP contribution is 2.16. The first-order valence-corrected chi connectivity index (χ1v) is 8.37. The number of carbonyl (C=O) groups excluding carboxylic acids is 3. The van der Waals surface area contributed by atoms with Crippen molar-refractivity contribution < 1.29 is 23.9 Å². The van der Waals surface area contributed by atoms with E-state index in [1.165, 1.54) is 31.2 Å². The Labute approximate surface area is 161 Å². The number of benzene rings is 2. The fourth-order valence-electron chi connectivity index (χ4n) is 2.14. The molecule has 0 aliphatic carbocycles. The van der Waals surface area contributed by atoms with Crippen LogP contribution in [0.3, 0.4) is 0 Å². The normalized spacial score (nSPS) is 10.0. The monoisotopic (exact) mass is 390 g/mol. The number of anilines is 1. The van der Waals surface area contributed by atoms with Gasteiger partial charge in [-0.2, -0.15) is 0 Å². The maximum Gasteiger partial charge on any atom is 0.338 e. The molecular formula is C19H19ClN2O5. The van der Waals surface area contributed by atoms with Crippen LogP contribution in [0.15, 0.2) is 48.5 Å². The predicted octanol–water partition coefficient (Wildman–Crippen LogP) is 2.60. The van der Waals surface area contributed by atoms with Gasteiger partial charge in [0, 0.05) is 23.8 Å². The lowest BCUT2D eigenvalue weighted by Gasteiger charge is -2.17. The largest absolute Gasteiger partial charge is 0.497 e. The van der Waals surface area contributed by atoms with Crippen molar-refractivity contribution in [3.8, 4) is 5.75 Å². The van der Waals surface area contributed by atoms with Gasteiger partial charge < -0.3 is 19.7 Å². The van der Waals surface area contributed by atoms with Crippen LogP contribution in [-0.2, 0) is 14.3 Å². The number of carbonyl (C=O) groups is 3. The first-order chi connectivity index (χ1) is 12.9. The van der Waals surface area contributed by atoms with Gasteiger partial charge in [-0.3, -0.25) is 9.59 Å². The quantitative estimate of drug-likeness (QED) is 0.734. The van der Waals surface area contributed by atoms with E-state index in [1.807, 2.05) is 0 Å². The van der Waals surface area contributed by atoms with Gasteiger partial charge >= 0.3 is 5.97 Å². The molecule has 0 spiro atoms. The summed E-state index contributed by atoms with van der Waals surface area (Å²) >= 11 is 5.81. The number of nitrogens with zero attached hydrogens (tertiary/aromatic N) is 1. The summed E-state index contributed by atoms with van der Waals surface area (Å²) in [6.45, 7) is -0.668. The lowest BCUT2D eigenvalue weighted by Crippen LogP contribution is -2.37. The molecule has 2 amide bonds. The predicted molar refractivity (Wildman–Crippen MR) is 101 cm³/mol. The molecule has 0 fully saturated rings. The second-order valence-electron chi connectivity index (χ2n) is 5.62. The van der Waals surface area contributed by atoms with E-state index in [0.717, 1.165) is 0 Å². The Kier molecular flexibility index (Phi) is 7.19. The molecule has 1 N–H and O–H groups in total. The van der Waals surface area contributed by atoms with Gasteiger partial charge in [0.15, 0.2) is 6.61 Å². The van der Waals surface area contributed by atoms with Crippen LogP contribution in [0.25, 0.3) is 0 Å². The highest BCUT2D eigenvalue weighted by atomic mass is 35.5. The molecule has 0 saturated carbocycles. The van der Waals surface area contributed by atoms with Crippen LogP contribution >= 0.6 is 11.6 Å². The highest BCUT2D eigenvalue weighted by molar-refractivity contribution is 6.30. The van der Waals surface area contributed by atoms with Crippen LogP contribution < -0.4 is 10.1 Å². The van der Waals surface area contributed by atoms with Gasteiger partial charge in [0.1, 0.15) is 5.75 Å². The second kappa shape index (κ2) is 9.59. The Balaban J connectivity index is 1.82. The van der Waals surface area contributed by atoms with Crippen molar-refractivity contribution in [1.82, 2.24) is 4.90 Å². The number of amides is 2. The Bertz CT molecular complexity index is 840. The molecule has 0 aromatic heterocycles. The molecule has 0 heterocycles. The van der Waals surface area contributed by atoms with Crippen molar-refractivity contribution in [1.29, 1.82) is 0 Å². The first kappa shape index (κ1) is 20.3. The zero-order valence-corrected chi connectivity index (χ0v) is 15.7. The molecule has 2 aromatic rings. The van der Waals surface area contributed by atoms with Crippen molar-refractivity contribution in [3.63, 3.8) is 0 Å². The molecule has 2 rings (SSSR count). The van der Waals surface area contributed by atoms with Crippen molar-refractivity contribution >= 4 is 35.1 Å². The van der Waals surface area contributed by atoms with E-state index in [2.05, 4.69) is 5.32 Å². The third-order valence-corrected chi connectivity index (χ3v) is 3.78. The van der Waals surface area contributed by atoms with E-state index < -0.39 is 18.5 Å². The maximum atomic E-state index is 12.1. The van der Waals surface area contributed by atoms with Gasteiger partial charge in [-0.05, 0) is 30.3 Å². The number of likely N-dealkylation sites (N-methyl/N-ethyl adjacent to an activating group) is 1. The van der Waals surface area contributed by atoms with Gasteiger partial charge in [-0.25, -0.2) is 4.79 Å². The number of hydrogen-bond acceptors (Lipinski definition) is 5. The van der Waals surface area contributed by atoms with Crippen LogP contribution in [0.2, 0.25) is 5.02 Å². The van der Waals surface area contributed by atoms with Crippen molar-refractivity contribution in [2.24, 2.45) is 0 Å². The minimum Gasteiger partial charge on any atom is -0.497 e. The van der Waals surface area contributed by atoms with Crippen molar-refractivity contribution in [3.05, 3.63) is 59.1 Å². The smallest absolute Gasteiger partial charge is 0.338 e. The van der Waals surface area contributed by atoms with Gasteiger partial charge in [0.25, 0.3) is 5.91 Å². The summed E-state index contributed by atoms with van der Waals surface area (Å²) in [5, 5.41) is 3.05. The molecular weight excluding hydrogens is 372 g/mol. The fourth-order valence-corrected chi connectivity index (χ4v) is 2.33. The van der Waals surface area contributed by atoms with E-state index in [9.17, 15) is 14.4 Å². The SMILES string of the molecule is COc1cccc(NC(=O)CN(C)C(=O)COC(=O)c2cccc(Cl)c2)c1. The lowest BCUT2D eigenvalue weighted by molar-refractivity contribution is -0.136. The highest BCUT2D eigenvalue weighted by Gasteiger charge is 2.16. The molecule has 0 aliphatic heterocycles. The van der Waals surface area contributed by atoms with E-state index in [4.69, 9.17) is 21.1 Å². The number of esters is 1. The Hall–Kier alpha value is -3.06. The third-order valence-electron chi connectivity index (χ3n) is 3.55. The molecule has 0 aliphatic rings. The maximum absolute atomic E-state index is 12.1. The summed E-state index contributed by atoms with van der Waals surface area (Å²) in [6, 6.07) is 13.1. The Morgan fingerprint density at radius 2 is 1.85 bits per heavy atom. The average Bonchev–Trinajstić information content (AvgIpc) is 2.65. The molecule has 7 nitrogen and oxygen atoms in total. The fraction of sp³-hybridized carbons (Fsp3) is 0.211. The summed E-state index contributed by atoms with van der Waals surface area (Å²) in [5.41, 5.74) is 0.793. The number of hydrogen-bond donors (Lipinski definition) is 1. The first-order valence-electron chi connectivity index (χ1n) is 7.99. The summed E-state index contributed by atoms with van der Waals surface area (Å²) < 4.78 is 10.0. The summed E-state index contributed by atoms with van der Waals surface area (Å²) in [5.74, 6) is -0.961. The van der Waals surface area contributed by atoms with Crippen molar-refractivity contribution in [2.75, 3.05) is 32.6 Å². The number of methoxy groups -OCH3 is 1. The average molecular weight is 391 g/mol. The Morgan fingerprint density at radius 3 is 2.56 bits per heavy atom. The molecule has 0 radical (unpaired) electrons. The zero-order valence-electron chi connectivity index (χ0n) is 14.9. The van der Waals surface area contributed by atoms with Crippen LogP contribution in [-0.4, -0.2) is 50.0 Å².